The molecule has 7 heteroatoms. The Labute approximate surface area is 127 Å². The van der Waals surface area contributed by atoms with Gasteiger partial charge in [-0.05, 0) is 34.6 Å². The van der Waals surface area contributed by atoms with Crippen LogP contribution in [0.25, 0.3) is 0 Å². The summed E-state index contributed by atoms with van der Waals surface area (Å²) in [4.78, 5) is 0. The van der Waals surface area contributed by atoms with E-state index in [4.69, 9.17) is 22.8 Å². The first kappa shape index (κ1) is 20.2. The number of hydrogen-bond acceptors (Lipinski definition) is 5. The zero-order valence-corrected chi connectivity index (χ0v) is 16.4. The summed E-state index contributed by atoms with van der Waals surface area (Å²) in [6, 6.07) is 0. The molecule has 5 nitrogen and oxygen atoms in total. The smallest absolute Gasteiger partial charge is 0.374 e. The van der Waals surface area contributed by atoms with Crippen molar-refractivity contribution in [1.29, 1.82) is 0 Å². The van der Waals surface area contributed by atoms with E-state index in [9.17, 15) is 0 Å². The molecule has 0 aromatic heterocycles. The second-order valence-corrected chi connectivity index (χ2v) is 10.6. The quantitative estimate of drug-likeness (QED) is 0.382. The lowest BCUT2D eigenvalue weighted by atomic mass is 10.8. The third kappa shape index (κ3) is 6.79. The Morgan fingerprint density at radius 2 is 1.15 bits per heavy atom. The molecule has 1 unspecified atom stereocenters. The van der Waals surface area contributed by atoms with Gasteiger partial charge in [0, 0.05) is 38.2 Å². The normalized spacial score (nSPS) is 14.6. The van der Waals surface area contributed by atoms with Gasteiger partial charge in [0.25, 0.3) is 0 Å². The molecule has 20 heavy (non-hydrogen) atoms. The molecular weight excluding hydrogens is 292 g/mol. The molecule has 0 aliphatic rings. The zero-order valence-electron chi connectivity index (χ0n) is 13.9. The second-order valence-electron chi connectivity index (χ2n) is 4.38. The van der Waals surface area contributed by atoms with E-state index in [1.54, 1.807) is 0 Å². The molecule has 0 saturated carbocycles. The Morgan fingerprint density at radius 3 is 1.45 bits per heavy atom. The number of ether oxygens (including phenoxy) is 2. The van der Waals surface area contributed by atoms with Crippen LogP contribution >= 0.6 is 0 Å². The maximum absolute atomic E-state index is 5.95. The van der Waals surface area contributed by atoms with E-state index in [-0.39, 0.29) is 11.1 Å². The Kier molecular flexibility index (Phi) is 12.0. The van der Waals surface area contributed by atoms with Gasteiger partial charge in [0.2, 0.25) is 0 Å². The highest BCUT2D eigenvalue weighted by molar-refractivity contribution is 6.74. The lowest BCUT2D eigenvalue weighted by molar-refractivity contribution is -0.0835. The SMILES string of the molecule is CCOC(OCC)[SiH2]C(C)[Si](OCC)(OCC)OCC. The minimum absolute atomic E-state index is 0.0896. The van der Waals surface area contributed by atoms with Crippen molar-refractivity contribution in [2.45, 2.75) is 52.6 Å². The van der Waals surface area contributed by atoms with Gasteiger partial charge in [-0.25, -0.2) is 0 Å². The molecule has 0 aromatic carbocycles. The molecule has 0 aromatic rings. The van der Waals surface area contributed by atoms with Crippen molar-refractivity contribution >= 4 is 18.3 Å². The minimum atomic E-state index is -2.62. The maximum Gasteiger partial charge on any atom is 0.500 e. The summed E-state index contributed by atoms with van der Waals surface area (Å²) < 4.78 is 29.2. The summed E-state index contributed by atoms with van der Waals surface area (Å²) in [5, 5.41) is 0.269. The fourth-order valence-corrected chi connectivity index (χ4v) is 8.57. The van der Waals surface area contributed by atoms with Crippen LogP contribution in [0.4, 0.5) is 0 Å². The number of hydrogen-bond donors (Lipinski definition) is 0. The van der Waals surface area contributed by atoms with Gasteiger partial charge < -0.3 is 22.8 Å². The van der Waals surface area contributed by atoms with Crippen LogP contribution in [0.2, 0.25) is 5.16 Å². The van der Waals surface area contributed by atoms with Gasteiger partial charge >= 0.3 is 8.80 Å². The van der Waals surface area contributed by atoms with Crippen LogP contribution in [-0.2, 0) is 22.8 Å². The van der Waals surface area contributed by atoms with Crippen molar-refractivity contribution in [2.24, 2.45) is 0 Å². The largest absolute Gasteiger partial charge is 0.500 e. The maximum atomic E-state index is 5.95. The molecule has 0 bridgehead atoms. The van der Waals surface area contributed by atoms with Crippen LogP contribution in [0.3, 0.4) is 0 Å². The van der Waals surface area contributed by atoms with Crippen molar-refractivity contribution in [2.75, 3.05) is 33.0 Å². The molecule has 1 atom stereocenters. The van der Waals surface area contributed by atoms with Crippen LogP contribution in [0.5, 0.6) is 0 Å². The first-order chi connectivity index (χ1) is 9.60. The van der Waals surface area contributed by atoms with Gasteiger partial charge in [-0.1, -0.05) is 6.92 Å². The summed E-state index contributed by atoms with van der Waals surface area (Å²) in [7, 11) is -3.31. The molecule has 0 N–H and O–H groups in total. The average molecular weight is 325 g/mol. The van der Waals surface area contributed by atoms with Crippen LogP contribution in [0.15, 0.2) is 0 Å². The van der Waals surface area contributed by atoms with Crippen molar-refractivity contribution in [1.82, 2.24) is 0 Å². The van der Waals surface area contributed by atoms with E-state index in [1.165, 1.54) is 0 Å². The van der Waals surface area contributed by atoms with Crippen LogP contribution in [-0.4, -0.2) is 57.3 Å². The van der Waals surface area contributed by atoms with Gasteiger partial charge in [0.15, 0.2) is 0 Å². The highest BCUT2D eigenvalue weighted by Crippen LogP contribution is 2.26. The van der Waals surface area contributed by atoms with Crippen LogP contribution in [0.1, 0.15) is 41.5 Å². The van der Waals surface area contributed by atoms with E-state index in [0.717, 1.165) is 0 Å². The first-order valence-corrected chi connectivity index (χ1v) is 11.2. The fourth-order valence-electron chi connectivity index (χ4n) is 2.14. The Bertz CT molecular complexity index is 208. The molecule has 0 radical (unpaired) electrons. The highest BCUT2D eigenvalue weighted by Gasteiger charge is 2.47. The Morgan fingerprint density at radius 1 is 0.750 bits per heavy atom. The lowest BCUT2D eigenvalue weighted by Gasteiger charge is -2.34. The molecule has 0 spiro atoms. The topological polar surface area (TPSA) is 46.2 Å². The average Bonchev–Trinajstić information content (AvgIpc) is 2.40. The Balaban J connectivity index is 4.83. The molecule has 0 saturated heterocycles. The van der Waals surface area contributed by atoms with E-state index < -0.39 is 18.3 Å². The summed E-state index contributed by atoms with van der Waals surface area (Å²) >= 11 is 0. The van der Waals surface area contributed by atoms with Gasteiger partial charge in [0.1, 0.15) is 5.91 Å². The van der Waals surface area contributed by atoms with Crippen molar-refractivity contribution in [3.8, 4) is 0 Å². The zero-order chi connectivity index (χ0) is 15.4. The fraction of sp³-hybridized carbons (Fsp3) is 1.00. The predicted molar refractivity (Wildman–Crippen MR) is 85.6 cm³/mol. The lowest BCUT2D eigenvalue weighted by Crippen LogP contribution is -2.53. The molecule has 0 amide bonds. The Hall–Kier alpha value is 0.234. The standard InChI is InChI=1S/C13H32O5Si2/c1-7-14-13(15-8-2)19-12(6)20(16-9-3,17-10-4)18-11-5/h12-13H,7-11,19H2,1-6H3. The molecule has 0 fully saturated rings. The third-order valence-electron chi connectivity index (χ3n) is 2.89. The molecule has 0 aliphatic carbocycles. The van der Waals surface area contributed by atoms with Gasteiger partial charge in [0.05, 0.1) is 9.52 Å². The summed E-state index contributed by atoms with van der Waals surface area (Å²) in [6.07, 6.45) is 0. The first-order valence-electron chi connectivity index (χ1n) is 7.75. The summed E-state index contributed by atoms with van der Waals surface area (Å²) in [5.74, 6) is -0.0896. The summed E-state index contributed by atoms with van der Waals surface area (Å²) in [5.41, 5.74) is 0. The monoisotopic (exact) mass is 324 g/mol. The summed E-state index contributed by atoms with van der Waals surface area (Å²) in [6.45, 7) is 15.2. The highest BCUT2D eigenvalue weighted by atomic mass is 28.4. The third-order valence-corrected chi connectivity index (χ3v) is 9.94. The van der Waals surface area contributed by atoms with Crippen molar-refractivity contribution in [3.63, 3.8) is 0 Å². The van der Waals surface area contributed by atoms with E-state index in [0.29, 0.717) is 33.0 Å². The number of rotatable bonds is 13. The van der Waals surface area contributed by atoms with E-state index >= 15 is 0 Å². The van der Waals surface area contributed by atoms with Gasteiger partial charge in [-0.15, -0.1) is 0 Å². The molecule has 122 valence electrons. The minimum Gasteiger partial charge on any atom is -0.374 e. The van der Waals surface area contributed by atoms with Crippen molar-refractivity contribution in [3.05, 3.63) is 0 Å². The van der Waals surface area contributed by atoms with E-state index in [1.807, 2.05) is 34.6 Å². The van der Waals surface area contributed by atoms with Gasteiger partial charge in [-0.3, -0.25) is 0 Å². The molecule has 0 aliphatic heterocycles. The van der Waals surface area contributed by atoms with E-state index in [2.05, 4.69) is 6.92 Å². The predicted octanol–water partition coefficient (Wildman–Crippen LogP) is 1.91. The molecular formula is C13H32O5Si2. The van der Waals surface area contributed by atoms with Crippen LogP contribution in [0, 0.1) is 0 Å². The molecule has 0 heterocycles. The van der Waals surface area contributed by atoms with Crippen LogP contribution < -0.4 is 0 Å². The molecule has 0 rings (SSSR count). The van der Waals surface area contributed by atoms with Gasteiger partial charge in [-0.2, -0.15) is 0 Å². The second kappa shape index (κ2) is 11.8. The van der Waals surface area contributed by atoms with Crippen molar-refractivity contribution < 1.29 is 22.8 Å².